The molecular formula is C17H17N3O3S2. The predicted molar refractivity (Wildman–Crippen MR) is 99.7 cm³/mol. The van der Waals surface area contributed by atoms with Crippen molar-refractivity contribution in [2.75, 3.05) is 11.6 Å². The van der Waals surface area contributed by atoms with E-state index >= 15 is 0 Å². The average molecular weight is 375 g/mol. The van der Waals surface area contributed by atoms with Gasteiger partial charge in [0.05, 0.1) is 21.2 Å². The van der Waals surface area contributed by atoms with Crippen LogP contribution in [0, 0.1) is 0 Å². The van der Waals surface area contributed by atoms with Gasteiger partial charge in [-0.3, -0.25) is 5.32 Å². The third kappa shape index (κ3) is 4.15. The minimum atomic E-state index is -3.23. The van der Waals surface area contributed by atoms with Crippen LogP contribution in [-0.4, -0.2) is 25.7 Å². The summed E-state index contributed by atoms with van der Waals surface area (Å²) in [5, 5.41) is 6.07. The molecule has 8 heteroatoms. The summed E-state index contributed by atoms with van der Waals surface area (Å²) in [6.45, 7) is 1.83. The maximum Gasteiger partial charge on any atom is 0.321 e. The molecule has 0 spiro atoms. The number of benzene rings is 2. The van der Waals surface area contributed by atoms with Crippen LogP contribution < -0.4 is 10.6 Å². The maximum absolute atomic E-state index is 12.1. The minimum absolute atomic E-state index is 0.252. The fourth-order valence-electron chi connectivity index (χ4n) is 2.34. The molecule has 0 unspecified atom stereocenters. The number of hydrogen-bond donors (Lipinski definition) is 2. The van der Waals surface area contributed by atoms with Crippen LogP contribution in [0.25, 0.3) is 10.2 Å². The van der Waals surface area contributed by atoms with Crippen molar-refractivity contribution < 1.29 is 13.2 Å². The fourth-order valence-corrected chi connectivity index (χ4v) is 3.83. The topological polar surface area (TPSA) is 88.2 Å². The smallest absolute Gasteiger partial charge is 0.321 e. The van der Waals surface area contributed by atoms with Crippen molar-refractivity contribution in [3.8, 4) is 0 Å². The first kappa shape index (κ1) is 17.4. The van der Waals surface area contributed by atoms with Gasteiger partial charge in [0.1, 0.15) is 0 Å². The third-order valence-corrected chi connectivity index (χ3v) is 5.75. The number of fused-ring (bicyclic) bond motifs is 1. The summed E-state index contributed by atoms with van der Waals surface area (Å²) < 4.78 is 24.0. The second kappa shape index (κ2) is 6.81. The first-order valence-corrected chi connectivity index (χ1v) is 10.3. The first-order chi connectivity index (χ1) is 11.8. The van der Waals surface area contributed by atoms with Crippen molar-refractivity contribution in [1.29, 1.82) is 0 Å². The number of rotatable bonds is 4. The Bertz CT molecular complexity index is 978. The van der Waals surface area contributed by atoms with Gasteiger partial charge >= 0.3 is 6.03 Å². The van der Waals surface area contributed by atoms with Gasteiger partial charge in [-0.15, -0.1) is 0 Å². The lowest BCUT2D eigenvalue weighted by Crippen LogP contribution is -2.31. The number of nitrogens with zero attached hydrogens (tertiary/aromatic N) is 1. The van der Waals surface area contributed by atoms with Gasteiger partial charge in [-0.2, -0.15) is 0 Å². The molecule has 0 bridgehead atoms. The number of para-hydroxylation sites is 1. The van der Waals surface area contributed by atoms with Gasteiger partial charge in [-0.25, -0.2) is 18.2 Å². The molecule has 2 N–H and O–H groups in total. The van der Waals surface area contributed by atoms with Gasteiger partial charge in [0, 0.05) is 6.26 Å². The molecule has 25 heavy (non-hydrogen) atoms. The van der Waals surface area contributed by atoms with Gasteiger partial charge in [-0.05, 0) is 36.8 Å². The zero-order chi connectivity index (χ0) is 18.0. The fraction of sp³-hybridized carbons (Fsp3) is 0.176. The standard InChI is InChI=1S/C17H17N3O3S2/c1-11(12-7-9-13(10-8-12)25(2,22)23)18-16(21)20-17-19-14-5-3-4-6-15(14)24-17/h3-11H,1-2H3,(H2,18,19,20,21)/t11-/m0/s1. The summed E-state index contributed by atoms with van der Waals surface area (Å²) in [5.41, 5.74) is 1.65. The number of urea groups is 1. The van der Waals surface area contributed by atoms with Gasteiger partial charge in [0.25, 0.3) is 0 Å². The lowest BCUT2D eigenvalue weighted by atomic mass is 10.1. The summed E-state index contributed by atoms with van der Waals surface area (Å²) in [4.78, 5) is 16.8. The highest BCUT2D eigenvalue weighted by molar-refractivity contribution is 7.90. The summed E-state index contributed by atoms with van der Waals surface area (Å²) in [7, 11) is -3.23. The lowest BCUT2D eigenvalue weighted by Gasteiger charge is -2.14. The Morgan fingerprint density at radius 2 is 1.80 bits per heavy atom. The second-order valence-electron chi connectivity index (χ2n) is 5.65. The maximum atomic E-state index is 12.1. The van der Waals surface area contributed by atoms with E-state index in [1.165, 1.54) is 23.5 Å². The highest BCUT2D eigenvalue weighted by Crippen LogP contribution is 2.25. The number of anilines is 1. The molecule has 2 aromatic carbocycles. The monoisotopic (exact) mass is 375 g/mol. The van der Waals surface area contributed by atoms with Crippen LogP contribution in [0.15, 0.2) is 53.4 Å². The second-order valence-corrected chi connectivity index (χ2v) is 8.69. The number of aromatic nitrogens is 1. The predicted octanol–water partition coefficient (Wildman–Crippen LogP) is 3.58. The van der Waals surface area contributed by atoms with Gasteiger partial charge in [0.15, 0.2) is 15.0 Å². The molecule has 1 aromatic heterocycles. The van der Waals surface area contributed by atoms with Crippen LogP contribution in [0.2, 0.25) is 0 Å². The number of sulfone groups is 1. The van der Waals surface area contributed by atoms with E-state index in [9.17, 15) is 13.2 Å². The van der Waals surface area contributed by atoms with Crippen LogP contribution in [0.4, 0.5) is 9.93 Å². The van der Waals surface area contributed by atoms with E-state index in [-0.39, 0.29) is 17.0 Å². The van der Waals surface area contributed by atoms with Crippen LogP contribution in [0.1, 0.15) is 18.5 Å². The van der Waals surface area contributed by atoms with Crippen molar-refractivity contribution in [2.45, 2.75) is 17.9 Å². The molecule has 0 radical (unpaired) electrons. The van der Waals surface area contributed by atoms with Crippen molar-refractivity contribution in [2.24, 2.45) is 0 Å². The average Bonchev–Trinajstić information content (AvgIpc) is 2.96. The van der Waals surface area contributed by atoms with E-state index in [0.717, 1.165) is 22.0 Å². The summed E-state index contributed by atoms with van der Waals surface area (Å²) in [6, 6.07) is 13.5. The van der Waals surface area contributed by atoms with E-state index in [2.05, 4.69) is 15.6 Å². The number of amides is 2. The number of thiazole rings is 1. The largest absolute Gasteiger partial charge is 0.331 e. The van der Waals surface area contributed by atoms with E-state index in [1.807, 2.05) is 31.2 Å². The summed E-state index contributed by atoms with van der Waals surface area (Å²) >= 11 is 1.40. The molecular weight excluding hydrogens is 358 g/mol. The van der Waals surface area contributed by atoms with E-state index in [1.54, 1.807) is 12.1 Å². The number of carbonyl (C=O) groups is 1. The van der Waals surface area contributed by atoms with Crippen molar-refractivity contribution in [1.82, 2.24) is 10.3 Å². The Kier molecular flexibility index (Phi) is 4.73. The first-order valence-electron chi connectivity index (χ1n) is 7.56. The highest BCUT2D eigenvalue weighted by Gasteiger charge is 2.13. The molecule has 6 nitrogen and oxygen atoms in total. The Morgan fingerprint density at radius 1 is 1.12 bits per heavy atom. The molecule has 3 aromatic rings. The lowest BCUT2D eigenvalue weighted by molar-refractivity contribution is 0.249. The van der Waals surface area contributed by atoms with Crippen molar-refractivity contribution in [3.63, 3.8) is 0 Å². The Balaban J connectivity index is 1.65. The van der Waals surface area contributed by atoms with E-state index < -0.39 is 9.84 Å². The quantitative estimate of drug-likeness (QED) is 0.729. The summed E-state index contributed by atoms with van der Waals surface area (Å²) in [5.74, 6) is 0. The van der Waals surface area contributed by atoms with Crippen LogP contribution in [0.3, 0.4) is 0 Å². The molecule has 3 rings (SSSR count). The minimum Gasteiger partial charge on any atom is -0.331 e. The number of hydrogen-bond acceptors (Lipinski definition) is 5. The molecule has 0 saturated heterocycles. The van der Waals surface area contributed by atoms with Crippen LogP contribution >= 0.6 is 11.3 Å². The molecule has 0 aliphatic heterocycles. The zero-order valence-electron chi connectivity index (χ0n) is 13.7. The molecule has 0 fully saturated rings. The van der Waals surface area contributed by atoms with E-state index in [0.29, 0.717) is 5.13 Å². The summed E-state index contributed by atoms with van der Waals surface area (Å²) in [6.07, 6.45) is 1.16. The van der Waals surface area contributed by atoms with Crippen LogP contribution in [0.5, 0.6) is 0 Å². The molecule has 1 heterocycles. The van der Waals surface area contributed by atoms with Gasteiger partial charge in [0.2, 0.25) is 0 Å². The molecule has 1 atom stereocenters. The van der Waals surface area contributed by atoms with Crippen LogP contribution in [-0.2, 0) is 9.84 Å². The third-order valence-electron chi connectivity index (χ3n) is 3.67. The number of carbonyl (C=O) groups excluding carboxylic acids is 1. The molecule has 2 amide bonds. The van der Waals surface area contributed by atoms with Crippen molar-refractivity contribution >= 4 is 42.6 Å². The molecule has 0 aliphatic carbocycles. The van der Waals surface area contributed by atoms with Crippen molar-refractivity contribution in [3.05, 3.63) is 54.1 Å². The zero-order valence-corrected chi connectivity index (χ0v) is 15.3. The van der Waals surface area contributed by atoms with E-state index in [4.69, 9.17) is 0 Å². The van der Waals surface area contributed by atoms with Gasteiger partial charge in [-0.1, -0.05) is 35.6 Å². The highest BCUT2D eigenvalue weighted by atomic mass is 32.2. The SMILES string of the molecule is C[C@H](NC(=O)Nc1nc2ccccc2s1)c1ccc(S(C)(=O)=O)cc1. The Hall–Kier alpha value is -2.45. The number of nitrogens with one attached hydrogen (secondary N) is 2. The Labute approximate surface area is 149 Å². The normalized spacial score (nSPS) is 12.7. The molecule has 0 saturated carbocycles. The van der Waals surface area contributed by atoms with Gasteiger partial charge < -0.3 is 5.32 Å². The molecule has 130 valence electrons. The Morgan fingerprint density at radius 3 is 2.44 bits per heavy atom. The molecule has 0 aliphatic rings.